The standard InChI is InChI=1S/C21H12ClFN2O3S/c1-10-7-15-13(9-14(10)22)18(26)16-17(11-3-2-4-12(23)8-11)25(20(27)19(16)28-15)21-24-5-6-29-21/h2-9,17H,1H3/t17-/m1/s1. The Balaban J connectivity index is 1.85. The van der Waals surface area contributed by atoms with Crippen LogP contribution < -0.4 is 10.3 Å². The molecule has 5 rings (SSSR count). The van der Waals surface area contributed by atoms with E-state index in [0.717, 1.165) is 5.56 Å². The lowest BCUT2D eigenvalue weighted by molar-refractivity contribution is 0.0971. The molecule has 144 valence electrons. The zero-order valence-corrected chi connectivity index (χ0v) is 16.6. The van der Waals surface area contributed by atoms with Gasteiger partial charge in [-0.15, -0.1) is 11.3 Å². The lowest BCUT2D eigenvalue weighted by Crippen LogP contribution is -2.29. The van der Waals surface area contributed by atoms with Gasteiger partial charge in [-0.25, -0.2) is 9.37 Å². The van der Waals surface area contributed by atoms with Gasteiger partial charge in [0.15, 0.2) is 10.6 Å². The van der Waals surface area contributed by atoms with Crippen molar-refractivity contribution in [3.8, 4) is 0 Å². The summed E-state index contributed by atoms with van der Waals surface area (Å²) in [7, 11) is 0. The van der Waals surface area contributed by atoms with Crippen molar-refractivity contribution in [3.63, 3.8) is 0 Å². The number of carbonyl (C=O) groups is 1. The van der Waals surface area contributed by atoms with Gasteiger partial charge in [0.1, 0.15) is 11.4 Å². The molecule has 0 radical (unpaired) electrons. The van der Waals surface area contributed by atoms with Crippen molar-refractivity contribution in [1.82, 2.24) is 4.98 Å². The van der Waals surface area contributed by atoms with Gasteiger partial charge >= 0.3 is 0 Å². The first-order chi connectivity index (χ1) is 14.0. The van der Waals surface area contributed by atoms with Gasteiger partial charge in [0.05, 0.1) is 17.0 Å². The van der Waals surface area contributed by atoms with Crippen molar-refractivity contribution in [2.75, 3.05) is 4.90 Å². The van der Waals surface area contributed by atoms with Crippen molar-refractivity contribution >= 4 is 44.9 Å². The molecular formula is C21H12ClFN2O3S. The Morgan fingerprint density at radius 3 is 2.79 bits per heavy atom. The Hall–Kier alpha value is -3.03. The van der Waals surface area contributed by atoms with Gasteiger partial charge in [0.2, 0.25) is 5.76 Å². The highest BCUT2D eigenvalue weighted by molar-refractivity contribution is 7.13. The Morgan fingerprint density at radius 1 is 1.24 bits per heavy atom. The summed E-state index contributed by atoms with van der Waals surface area (Å²) in [6, 6.07) is 8.14. The molecule has 8 heteroatoms. The Bertz CT molecular complexity index is 1350. The predicted octanol–water partition coefficient (Wildman–Crippen LogP) is 5.10. The average molecular weight is 427 g/mol. The molecule has 1 aliphatic heterocycles. The fourth-order valence-corrected chi connectivity index (χ4v) is 4.45. The minimum Gasteiger partial charge on any atom is -0.450 e. The monoisotopic (exact) mass is 426 g/mol. The van der Waals surface area contributed by atoms with E-state index in [2.05, 4.69) is 4.98 Å². The SMILES string of the molecule is Cc1cc2oc3c(c(=O)c2cc1Cl)[C@@H](c1cccc(F)c1)N(c1nccs1)C3=O. The third-order valence-corrected chi connectivity index (χ3v) is 6.12. The minimum absolute atomic E-state index is 0.0614. The first-order valence-corrected chi connectivity index (χ1v) is 9.97. The number of aryl methyl sites for hydroxylation is 1. The van der Waals surface area contributed by atoms with E-state index < -0.39 is 17.8 Å². The van der Waals surface area contributed by atoms with Gasteiger partial charge < -0.3 is 4.42 Å². The van der Waals surface area contributed by atoms with Gasteiger partial charge in [-0.1, -0.05) is 23.7 Å². The molecule has 0 saturated heterocycles. The minimum atomic E-state index is -0.847. The summed E-state index contributed by atoms with van der Waals surface area (Å²) < 4.78 is 19.9. The molecule has 0 N–H and O–H groups in total. The van der Waals surface area contributed by atoms with Gasteiger partial charge in [-0.3, -0.25) is 14.5 Å². The summed E-state index contributed by atoms with van der Waals surface area (Å²) in [6.45, 7) is 1.79. The molecule has 29 heavy (non-hydrogen) atoms. The molecule has 2 aromatic heterocycles. The van der Waals surface area contributed by atoms with Crippen molar-refractivity contribution in [2.45, 2.75) is 13.0 Å². The number of hydrogen-bond acceptors (Lipinski definition) is 5. The van der Waals surface area contributed by atoms with E-state index in [0.29, 0.717) is 15.7 Å². The smallest absolute Gasteiger partial charge is 0.297 e. The maximum absolute atomic E-state index is 14.0. The van der Waals surface area contributed by atoms with Crippen LogP contribution in [0.2, 0.25) is 5.02 Å². The van der Waals surface area contributed by atoms with E-state index in [1.165, 1.54) is 40.5 Å². The van der Waals surface area contributed by atoms with Crippen molar-refractivity contribution in [2.24, 2.45) is 0 Å². The highest BCUT2D eigenvalue weighted by Crippen LogP contribution is 2.42. The molecule has 0 bridgehead atoms. The number of aromatic nitrogens is 1. The lowest BCUT2D eigenvalue weighted by atomic mass is 9.98. The quantitative estimate of drug-likeness (QED) is 0.447. The van der Waals surface area contributed by atoms with Crippen LogP contribution in [0.15, 0.2) is 57.2 Å². The molecule has 2 aromatic carbocycles. The van der Waals surface area contributed by atoms with Crippen LogP contribution in [-0.2, 0) is 0 Å². The topological polar surface area (TPSA) is 63.4 Å². The van der Waals surface area contributed by atoms with Crippen LogP contribution in [0.25, 0.3) is 11.0 Å². The first-order valence-electron chi connectivity index (χ1n) is 8.71. The predicted molar refractivity (Wildman–Crippen MR) is 109 cm³/mol. The van der Waals surface area contributed by atoms with Crippen molar-refractivity contribution in [3.05, 3.63) is 91.5 Å². The molecule has 0 spiro atoms. The number of anilines is 1. The Kier molecular flexibility index (Phi) is 4.04. The third kappa shape index (κ3) is 2.69. The van der Waals surface area contributed by atoms with Crippen LogP contribution >= 0.6 is 22.9 Å². The molecule has 0 saturated carbocycles. The van der Waals surface area contributed by atoms with E-state index in [1.54, 1.807) is 30.6 Å². The van der Waals surface area contributed by atoms with Gasteiger partial charge in [-0.05, 0) is 42.3 Å². The highest BCUT2D eigenvalue weighted by atomic mass is 35.5. The molecule has 4 aromatic rings. The van der Waals surface area contributed by atoms with Crippen LogP contribution in [-0.4, -0.2) is 10.9 Å². The van der Waals surface area contributed by atoms with Crippen molar-refractivity contribution in [1.29, 1.82) is 0 Å². The zero-order valence-electron chi connectivity index (χ0n) is 15.0. The zero-order chi connectivity index (χ0) is 20.3. The van der Waals surface area contributed by atoms with E-state index in [4.69, 9.17) is 16.0 Å². The Labute approximate surface area is 173 Å². The summed E-state index contributed by atoms with van der Waals surface area (Å²) in [6.07, 6.45) is 1.56. The van der Waals surface area contributed by atoms with E-state index in [1.807, 2.05) is 0 Å². The number of amides is 1. The average Bonchev–Trinajstić information content (AvgIpc) is 3.30. The molecule has 0 unspecified atom stereocenters. The van der Waals surface area contributed by atoms with Crippen molar-refractivity contribution < 1.29 is 13.6 Å². The number of hydrogen-bond donors (Lipinski definition) is 0. The van der Waals surface area contributed by atoms with E-state index in [-0.39, 0.29) is 27.7 Å². The largest absolute Gasteiger partial charge is 0.450 e. The molecule has 1 atom stereocenters. The van der Waals surface area contributed by atoms with E-state index in [9.17, 15) is 14.0 Å². The summed E-state index contributed by atoms with van der Waals surface area (Å²) in [5.74, 6) is -1.02. The maximum Gasteiger partial charge on any atom is 0.297 e. The molecule has 0 fully saturated rings. The number of benzene rings is 2. The third-order valence-electron chi connectivity index (χ3n) is 4.94. The second kappa shape index (κ2) is 6.50. The maximum atomic E-state index is 14.0. The summed E-state index contributed by atoms with van der Waals surface area (Å²) in [5, 5.41) is 2.82. The molecule has 1 aliphatic rings. The number of fused-ring (bicyclic) bond motifs is 2. The Morgan fingerprint density at radius 2 is 2.07 bits per heavy atom. The fourth-order valence-electron chi connectivity index (χ4n) is 3.62. The molecule has 1 amide bonds. The van der Waals surface area contributed by atoms with Gasteiger partial charge in [-0.2, -0.15) is 0 Å². The fraction of sp³-hybridized carbons (Fsp3) is 0.0952. The summed E-state index contributed by atoms with van der Waals surface area (Å²) in [5.41, 5.74) is 1.25. The molecule has 5 nitrogen and oxygen atoms in total. The first kappa shape index (κ1) is 18.0. The summed E-state index contributed by atoms with van der Waals surface area (Å²) in [4.78, 5) is 32.3. The van der Waals surface area contributed by atoms with Crippen LogP contribution in [0.4, 0.5) is 9.52 Å². The number of nitrogens with zero attached hydrogens (tertiary/aromatic N) is 2. The molecular weight excluding hydrogens is 415 g/mol. The second-order valence-electron chi connectivity index (χ2n) is 6.72. The second-order valence-corrected chi connectivity index (χ2v) is 8.00. The van der Waals surface area contributed by atoms with E-state index >= 15 is 0 Å². The van der Waals surface area contributed by atoms with Crippen LogP contribution in [0, 0.1) is 12.7 Å². The lowest BCUT2D eigenvalue weighted by Gasteiger charge is -2.22. The molecule has 0 aliphatic carbocycles. The summed E-state index contributed by atoms with van der Waals surface area (Å²) >= 11 is 7.46. The highest BCUT2D eigenvalue weighted by Gasteiger charge is 2.44. The normalized spacial score (nSPS) is 15.9. The van der Waals surface area contributed by atoms with Crippen LogP contribution in [0.1, 0.15) is 33.3 Å². The number of rotatable bonds is 2. The number of carbonyl (C=O) groups excluding carboxylic acids is 1. The van der Waals surface area contributed by atoms with Crippen LogP contribution in [0.5, 0.6) is 0 Å². The van der Waals surface area contributed by atoms with Gasteiger partial charge in [0.25, 0.3) is 5.91 Å². The number of halogens is 2. The number of thiazole rings is 1. The van der Waals surface area contributed by atoms with Gasteiger partial charge in [0, 0.05) is 16.6 Å². The van der Waals surface area contributed by atoms with Crippen LogP contribution in [0.3, 0.4) is 0 Å². The molecule has 3 heterocycles.